The molecular weight excluding hydrogens is 308 g/mol. The van der Waals surface area contributed by atoms with E-state index < -0.39 is 0 Å². The molecule has 1 aliphatic rings. The Hall–Kier alpha value is -1.04. The minimum atomic E-state index is 0.0666. The van der Waals surface area contributed by atoms with Gasteiger partial charge in [-0.2, -0.15) is 0 Å². The first kappa shape index (κ1) is 18.3. The maximum atomic E-state index is 12.0. The molecule has 0 saturated heterocycles. The fourth-order valence-electron chi connectivity index (χ4n) is 2.89. The molecular formula is C18H28N2O2S. The summed E-state index contributed by atoms with van der Waals surface area (Å²) >= 11 is 1.93. The lowest BCUT2D eigenvalue weighted by Crippen LogP contribution is -2.42. The molecule has 4 nitrogen and oxygen atoms in total. The van der Waals surface area contributed by atoms with Crippen LogP contribution >= 0.6 is 11.8 Å². The Morgan fingerprint density at radius 2 is 1.96 bits per heavy atom. The number of benzene rings is 1. The van der Waals surface area contributed by atoms with E-state index >= 15 is 0 Å². The maximum absolute atomic E-state index is 12.0. The van der Waals surface area contributed by atoms with E-state index in [1.807, 2.05) is 11.8 Å². The Morgan fingerprint density at radius 3 is 2.61 bits per heavy atom. The number of nitrogens with one attached hydrogen (secondary N) is 2. The standard InChI is InChI=1S/C18H28N2O2S/c1-15-5-7-16(8-6-15)23-18(9-3-4-10-18)14-20-17(21)13-19-11-12-22-2/h5-8,19H,3-4,9-14H2,1-2H3,(H,20,21). The molecule has 1 amide bonds. The van der Waals surface area contributed by atoms with Crippen molar-refractivity contribution in [1.29, 1.82) is 0 Å². The molecule has 1 fully saturated rings. The molecule has 0 radical (unpaired) electrons. The van der Waals surface area contributed by atoms with Crippen LogP contribution in [0.15, 0.2) is 29.2 Å². The summed E-state index contributed by atoms with van der Waals surface area (Å²) in [7, 11) is 1.66. The van der Waals surface area contributed by atoms with Crippen LogP contribution in [0.4, 0.5) is 0 Å². The van der Waals surface area contributed by atoms with E-state index in [2.05, 4.69) is 41.8 Å². The molecule has 2 N–H and O–H groups in total. The normalized spacial score (nSPS) is 16.4. The number of thioether (sulfide) groups is 1. The number of aryl methyl sites for hydroxylation is 1. The van der Waals surface area contributed by atoms with Gasteiger partial charge >= 0.3 is 0 Å². The molecule has 0 unspecified atom stereocenters. The average Bonchev–Trinajstić information content (AvgIpc) is 3.01. The number of hydrogen-bond acceptors (Lipinski definition) is 4. The van der Waals surface area contributed by atoms with E-state index in [4.69, 9.17) is 4.74 Å². The Bertz CT molecular complexity index is 484. The van der Waals surface area contributed by atoms with Crippen LogP contribution in [0.25, 0.3) is 0 Å². The molecule has 0 aromatic heterocycles. The van der Waals surface area contributed by atoms with Gasteiger partial charge in [0.1, 0.15) is 0 Å². The van der Waals surface area contributed by atoms with Crippen molar-refractivity contribution in [1.82, 2.24) is 10.6 Å². The summed E-state index contributed by atoms with van der Waals surface area (Å²) in [5.41, 5.74) is 1.28. The van der Waals surface area contributed by atoms with Gasteiger partial charge in [0, 0.05) is 29.8 Å². The second kappa shape index (κ2) is 9.30. The van der Waals surface area contributed by atoms with Crippen LogP contribution in [0.2, 0.25) is 0 Å². The van der Waals surface area contributed by atoms with Crippen LogP contribution in [0.5, 0.6) is 0 Å². The van der Waals surface area contributed by atoms with Crippen molar-refractivity contribution >= 4 is 17.7 Å². The van der Waals surface area contributed by atoms with E-state index in [0.29, 0.717) is 19.7 Å². The smallest absolute Gasteiger partial charge is 0.234 e. The number of carbonyl (C=O) groups is 1. The van der Waals surface area contributed by atoms with E-state index in [9.17, 15) is 4.79 Å². The first-order chi connectivity index (χ1) is 11.1. The summed E-state index contributed by atoms with van der Waals surface area (Å²) in [6.45, 7) is 4.54. The molecule has 1 aromatic rings. The Kier molecular flexibility index (Phi) is 7.40. The van der Waals surface area contributed by atoms with Crippen LogP contribution in [0.1, 0.15) is 31.2 Å². The summed E-state index contributed by atoms with van der Waals surface area (Å²) in [5.74, 6) is 0.0666. The van der Waals surface area contributed by atoms with Crippen molar-refractivity contribution in [3.8, 4) is 0 Å². The zero-order valence-corrected chi connectivity index (χ0v) is 15.0. The van der Waals surface area contributed by atoms with Crippen molar-refractivity contribution in [2.75, 3.05) is 33.4 Å². The Balaban J connectivity index is 1.83. The molecule has 0 aliphatic heterocycles. The minimum absolute atomic E-state index is 0.0666. The van der Waals surface area contributed by atoms with E-state index in [1.165, 1.54) is 36.1 Å². The van der Waals surface area contributed by atoms with Crippen molar-refractivity contribution < 1.29 is 9.53 Å². The van der Waals surface area contributed by atoms with Gasteiger partial charge in [-0.3, -0.25) is 4.79 Å². The molecule has 0 bridgehead atoms. The van der Waals surface area contributed by atoms with Crippen molar-refractivity contribution in [2.45, 2.75) is 42.2 Å². The lowest BCUT2D eigenvalue weighted by molar-refractivity contribution is -0.120. The van der Waals surface area contributed by atoms with Crippen LogP contribution < -0.4 is 10.6 Å². The molecule has 0 heterocycles. The summed E-state index contributed by atoms with van der Waals surface area (Å²) in [4.78, 5) is 13.3. The minimum Gasteiger partial charge on any atom is -0.383 e. The maximum Gasteiger partial charge on any atom is 0.234 e. The molecule has 128 valence electrons. The van der Waals surface area contributed by atoms with Crippen molar-refractivity contribution in [3.05, 3.63) is 29.8 Å². The fraction of sp³-hybridized carbons (Fsp3) is 0.611. The van der Waals surface area contributed by atoms with E-state index in [0.717, 1.165) is 6.54 Å². The van der Waals surface area contributed by atoms with Crippen molar-refractivity contribution in [2.24, 2.45) is 0 Å². The summed E-state index contributed by atoms with van der Waals surface area (Å²) in [6.07, 6.45) is 4.84. The van der Waals surface area contributed by atoms with E-state index in [1.54, 1.807) is 7.11 Å². The molecule has 0 spiro atoms. The van der Waals surface area contributed by atoms with Gasteiger partial charge in [-0.05, 0) is 31.9 Å². The number of amides is 1. The summed E-state index contributed by atoms with van der Waals surface area (Å²) in [6, 6.07) is 8.69. The third kappa shape index (κ3) is 6.16. The van der Waals surface area contributed by atoms with Crippen LogP contribution in [-0.2, 0) is 9.53 Å². The van der Waals surface area contributed by atoms with Gasteiger partial charge in [0.05, 0.1) is 13.2 Å². The molecule has 1 aliphatic carbocycles. The second-order valence-electron chi connectivity index (χ2n) is 6.25. The summed E-state index contributed by atoms with van der Waals surface area (Å²) < 4.78 is 5.11. The SMILES string of the molecule is COCCNCC(=O)NCC1(Sc2ccc(C)cc2)CCCC1. The zero-order chi connectivity index (χ0) is 16.5. The third-order valence-corrected chi connectivity index (χ3v) is 5.74. The molecule has 2 rings (SSSR count). The molecule has 0 atom stereocenters. The van der Waals surface area contributed by atoms with Crippen LogP contribution in [0.3, 0.4) is 0 Å². The Morgan fingerprint density at radius 1 is 1.26 bits per heavy atom. The lowest BCUT2D eigenvalue weighted by Gasteiger charge is -2.29. The van der Waals surface area contributed by atoms with Gasteiger partial charge in [-0.25, -0.2) is 0 Å². The van der Waals surface area contributed by atoms with Gasteiger partial charge in [0.2, 0.25) is 5.91 Å². The van der Waals surface area contributed by atoms with Crippen LogP contribution in [0, 0.1) is 6.92 Å². The fourth-order valence-corrected chi connectivity index (χ4v) is 4.30. The molecule has 23 heavy (non-hydrogen) atoms. The van der Waals surface area contributed by atoms with Gasteiger partial charge in [-0.1, -0.05) is 30.5 Å². The quantitative estimate of drug-likeness (QED) is 0.681. The van der Waals surface area contributed by atoms with Gasteiger partial charge in [-0.15, -0.1) is 11.8 Å². The first-order valence-electron chi connectivity index (χ1n) is 8.36. The molecule has 1 saturated carbocycles. The van der Waals surface area contributed by atoms with Crippen molar-refractivity contribution in [3.63, 3.8) is 0 Å². The second-order valence-corrected chi connectivity index (χ2v) is 7.79. The van der Waals surface area contributed by atoms with E-state index in [-0.39, 0.29) is 10.7 Å². The highest BCUT2D eigenvalue weighted by atomic mass is 32.2. The molecule has 1 aromatic carbocycles. The number of hydrogen-bond donors (Lipinski definition) is 2. The highest BCUT2D eigenvalue weighted by molar-refractivity contribution is 8.00. The predicted molar refractivity (Wildman–Crippen MR) is 96.0 cm³/mol. The summed E-state index contributed by atoms with van der Waals surface area (Å²) in [5, 5.41) is 6.20. The number of rotatable bonds is 9. The first-order valence-corrected chi connectivity index (χ1v) is 9.17. The molecule has 5 heteroatoms. The topological polar surface area (TPSA) is 50.4 Å². The largest absolute Gasteiger partial charge is 0.383 e. The number of carbonyl (C=O) groups excluding carboxylic acids is 1. The number of ether oxygens (including phenoxy) is 1. The van der Waals surface area contributed by atoms with Gasteiger partial charge in [0.15, 0.2) is 0 Å². The predicted octanol–water partition coefficient (Wildman–Crippen LogP) is 2.75. The van der Waals surface area contributed by atoms with Gasteiger partial charge in [0.25, 0.3) is 0 Å². The Labute approximate surface area is 143 Å². The highest BCUT2D eigenvalue weighted by Crippen LogP contribution is 2.44. The average molecular weight is 337 g/mol. The lowest BCUT2D eigenvalue weighted by atomic mass is 10.1. The number of methoxy groups -OCH3 is 1. The van der Waals surface area contributed by atoms with Crippen LogP contribution in [-0.4, -0.2) is 44.0 Å². The zero-order valence-electron chi connectivity index (χ0n) is 14.2. The highest BCUT2D eigenvalue weighted by Gasteiger charge is 2.35. The third-order valence-electron chi connectivity index (χ3n) is 4.25. The monoisotopic (exact) mass is 336 g/mol. The van der Waals surface area contributed by atoms with Gasteiger partial charge < -0.3 is 15.4 Å².